The second kappa shape index (κ2) is 3.46. The molecule has 2 atom stereocenters. The predicted molar refractivity (Wildman–Crippen MR) is 49.0 cm³/mol. The summed E-state index contributed by atoms with van der Waals surface area (Å²) in [5, 5.41) is 9.00. The normalized spacial score (nSPS) is 26.9. The molecule has 1 saturated carbocycles. The lowest BCUT2D eigenvalue weighted by atomic mass is 9.70. The highest BCUT2D eigenvalue weighted by molar-refractivity contribution is 5.23. The Labute approximate surface area is 77.2 Å². The van der Waals surface area contributed by atoms with Crippen LogP contribution >= 0.6 is 0 Å². The Bertz CT molecular complexity index is 279. The number of halogens is 1. The molecule has 0 aliphatic heterocycles. The molecule has 0 bridgehead atoms. The lowest BCUT2D eigenvalue weighted by Crippen LogP contribution is -2.26. The third-order valence-corrected chi connectivity index (χ3v) is 2.95. The fourth-order valence-electron chi connectivity index (χ4n) is 1.94. The molecule has 0 amide bonds. The van der Waals surface area contributed by atoms with Crippen molar-refractivity contribution in [3.8, 4) is 0 Å². The highest BCUT2D eigenvalue weighted by Crippen LogP contribution is 2.41. The Hall–Kier alpha value is -0.890. The maximum absolute atomic E-state index is 12.6. The molecule has 0 aromatic heterocycles. The van der Waals surface area contributed by atoms with Gasteiger partial charge in [0.15, 0.2) is 0 Å². The molecular weight excluding hydrogens is 167 g/mol. The topological polar surface area (TPSA) is 20.2 Å². The van der Waals surface area contributed by atoms with Gasteiger partial charge in [-0.1, -0.05) is 12.1 Å². The van der Waals surface area contributed by atoms with Crippen molar-refractivity contribution < 1.29 is 9.50 Å². The molecule has 1 aromatic carbocycles. The van der Waals surface area contributed by atoms with Crippen molar-refractivity contribution in [1.82, 2.24) is 0 Å². The molecule has 70 valence electrons. The zero-order chi connectivity index (χ0) is 9.26. The molecule has 2 heteroatoms. The summed E-state index contributed by atoms with van der Waals surface area (Å²) in [5.41, 5.74) is 1.16. The van der Waals surface area contributed by atoms with Crippen molar-refractivity contribution in [2.75, 3.05) is 6.61 Å². The van der Waals surface area contributed by atoms with Gasteiger partial charge in [0.25, 0.3) is 0 Å². The monoisotopic (exact) mass is 180 g/mol. The van der Waals surface area contributed by atoms with Gasteiger partial charge in [-0.3, -0.25) is 0 Å². The number of hydrogen-bond acceptors (Lipinski definition) is 1. The first kappa shape index (κ1) is 8.70. The number of hydrogen-bond donors (Lipinski definition) is 1. The third kappa shape index (κ3) is 1.59. The van der Waals surface area contributed by atoms with E-state index in [-0.39, 0.29) is 12.4 Å². The number of rotatable bonds is 2. The lowest BCUT2D eigenvalue weighted by Gasteiger charge is -2.35. The van der Waals surface area contributed by atoms with E-state index in [4.69, 9.17) is 5.11 Å². The number of benzene rings is 1. The van der Waals surface area contributed by atoms with Crippen LogP contribution in [0.15, 0.2) is 24.3 Å². The Kier molecular flexibility index (Phi) is 2.32. The van der Waals surface area contributed by atoms with Gasteiger partial charge in [-0.25, -0.2) is 4.39 Å². The maximum Gasteiger partial charge on any atom is 0.123 e. The summed E-state index contributed by atoms with van der Waals surface area (Å²) in [6.45, 7) is 0.252. The van der Waals surface area contributed by atoms with E-state index in [1.54, 1.807) is 0 Å². The SMILES string of the molecule is OCC1CCC1c1ccc(F)cc1. The Morgan fingerprint density at radius 2 is 1.92 bits per heavy atom. The minimum atomic E-state index is -0.191. The van der Waals surface area contributed by atoms with Gasteiger partial charge in [-0.15, -0.1) is 0 Å². The quantitative estimate of drug-likeness (QED) is 0.740. The second-order valence-electron chi connectivity index (χ2n) is 3.68. The standard InChI is InChI=1S/C11H13FO/c12-10-4-1-8(2-5-10)11-6-3-9(11)7-13/h1-2,4-5,9,11,13H,3,6-7H2. The molecule has 2 rings (SSSR count). The Balaban J connectivity index is 2.12. The molecule has 2 unspecified atom stereocenters. The highest BCUT2D eigenvalue weighted by Gasteiger charge is 2.31. The first-order valence-corrected chi connectivity index (χ1v) is 4.67. The van der Waals surface area contributed by atoms with Crippen LogP contribution in [-0.4, -0.2) is 11.7 Å². The summed E-state index contributed by atoms with van der Waals surface area (Å²) in [4.78, 5) is 0. The van der Waals surface area contributed by atoms with Crippen LogP contribution in [0, 0.1) is 11.7 Å². The summed E-state index contributed by atoms with van der Waals surface area (Å²) < 4.78 is 12.6. The largest absolute Gasteiger partial charge is 0.396 e. The van der Waals surface area contributed by atoms with Crippen LogP contribution in [0.4, 0.5) is 4.39 Å². The second-order valence-corrected chi connectivity index (χ2v) is 3.68. The van der Waals surface area contributed by atoms with Crippen molar-refractivity contribution in [3.05, 3.63) is 35.6 Å². The minimum absolute atomic E-state index is 0.191. The summed E-state index contributed by atoms with van der Waals surface area (Å²) in [5.74, 6) is 0.652. The van der Waals surface area contributed by atoms with E-state index in [0.717, 1.165) is 18.4 Å². The van der Waals surface area contributed by atoms with Gasteiger partial charge in [0, 0.05) is 6.61 Å². The van der Waals surface area contributed by atoms with E-state index < -0.39 is 0 Å². The van der Waals surface area contributed by atoms with Gasteiger partial charge in [-0.2, -0.15) is 0 Å². The average molecular weight is 180 g/mol. The molecule has 1 aromatic rings. The van der Waals surface area contributed by atoms with Crippen LogP contribution in [0.3, 0.4) is 0 Å². The lowest BCUT2D eigenvalue weighted by molar-refractivity contribution is 0.135. The Morgan fingerprint density at radius 1 is 1.23 bits per heavy atom. The fourth-order valence-corrected chi connectivity index (χ4v) is 1.94. The molecule has 1 fully saturated rings. The van der Waals surface area contributed by atoms with Gasteiger partial charge in [-0.05, 0) is 42.4 Å². The average Bonchev–Trinajstić information content (AvgIpc) is 2.08. The predicted octanol–water partition coefficient (Wildman–Crippen LogP) is 2.31. The van der Waals surface area contributed by atoms with Gasteiger partial charge in [0.05, 0.1) is 0 Å². The number of aliphatic hydroxyl groups is 1. The van der Waals surface area contributed by atoms with Crippen LogP contribution in [0.1, 0.15) is 24.3 Å². The minimum Gasteiger partial charge on any atom is -0.396 e. The fraction of sp³-hybridized carbons (Fsp3) is 0.455. The molecule has 1 N–H and O–H groups in total. The van der Waals surface area contributed by atoms with E-state index in [1.165, 1.54) is 12.1 Å². The van der Waals surface area contributed by atoms with Crippen molar-refractivity contribution in [2.45, 2.75) is 18.8 Å². The van der Waals surface area contributed by atoms with E-state index >= 15 is 0 Å². The van der Waals surface area contributed by atoms with Crippen molar-refractivity contribution >= 4 is 0 Å². The molecule has 1 aliphatic carbocycles. The van der Waals surface area contributed by atoms with Gasteiger partial charge < -0.3 is 5.11 Å². The van der Waals surface area contributed by atoms with Crippen LogP contribution in [0.25, 0.3) is 0 Å². The summed E-state index contributed by atoms with van der Waals surface area (Å²) in [7, 11) is 0. The molecule has 0 spiro atoms. The smallest absolute Gasteiger partial charge is 0.123 e. The zero-order valence-corrected chi connectivity index (χ0v) is 7.41. The molecule has 1 nitrogen and oxygen atoms in total. The van der Waals surface area contributed by atoms with Crippen LogP contribution in [0.2, 0.25) is 0 Å². The van der Waals surface area contributed by atoms with Crippen molar-refractivity contribution in [1.29, 1.82) is 0 Å². The molecule has 1 aliphatic rings. The van der Waals surface area contributed by atoms with E-state index in [9.17, 15) is 4.39 Å². The van der Waals surface area contributed by atoms with Crippen molar-refractivity contribution in [2.24, 2.45) is 5.92 Å². The van der Waals surface area contributed by atoms with Gasteiger partial charge >= 0.3 is 0 Å². The summed E-state index contributed by atoms with van der Waals surface area (Å²) >= 11 is 0. The molecular formula is C11H13FO. The first-order chi connectivity index (χ1) is 6.31. The van der Waals surface area contributed by atoms with E-state index in [1.807, 2.05) is 12.1 Å². The highest BCUT2D eigenvalue weighted by atomic mass is 19.1. The molecule has 0 radical (unpaired) electrons. The van der Waals surface area contributed by atoms with Gasteiger partial charge in [0.2, 0.25) is 0 Å². The van der Waals surface area contributed by atoms with Gasteiger partial charge in [0.1, 0.15) is 5.82 Å². The van der Waals surface area contributed by atoms with Crippen molar-refractivity contribution in [3.63, 3.8) is 0 Å². The van der Waals surface area contributed by atoms with Crippen LogP contribution in [-0.2, 0) is 0 Å². The number of aliphatic hydroxyl groups excluding tert-OH is 1. The maximum atomic E-state index is 12.6. The first-order valence-electron chi connectivity index (χ1n) is 4.67. The van der Waals surface area contributed by atoms with Crippen LogP contribution < -0.4 is 0 Å². The third-order valence-electron chi connectivity index (χ3n) is 2.95. The zero-order valence-electron chi connectivity index (χ0n) is 7.41. The Morgan fingerprint density at radius 3 is 2.38 bits per heavy atom. The molecule has 0 heterocycles. The van der Waals surface area contributed by atoms with Crippen LogP contribution in [0.5, 0.6) is 0 Å². The summed E-state index contributed by atoms with van der Waals surface area (Å²) in [6, 6.07) is 6.62. The summed E-state index contributed by atoms with van der Waals surface area (Å²) in [6.07, 6.45) is 2.22. The molecule has 13 heavy (non-hydrogen) atoms. The van der Waals surface area contributed by atoms with E-state index in [0.29, 0.717) is 11.8 Å². The molecule has 0 saturated heterocycles. The van der Waals surface area contributed by atoms with E-state index in [2.05, 4.69) is 0 Å².